The third kappa shape index (κ3) is 7.16. The van der Waals surface area contributed by atoms with Gasteiger partial charge in [0.1, 0.15) is 11.4 Å². The van der Waals surface area contributed by atoms with E-state index in [9.17, 15) is 24.6 Å². The number of halogens is 1. The number of aryl methyl sites for hydroxylation is 1. The number of para-hydroxylation sites is 3. The predicted octanol–water partition coefficient (Wildman–Crippen LogP) is 14.8. The summed E-state index contributed by atoms with van der Waals surface area (Å²) in [7, 11) is 0. The fourth-order valence-electron chi connectivity index (χ4n) is 8.93. The van der Waals surface area contributed by atoms with Crippen LogP contribution in [0.15, 0.2) is 178 Å². The van der Waals surface area contributed by atoms with Gasteiger partial charge in [0.15, 0.2) is 17.3 Å². The maximum atomic E-state index is 14.1. The summed E-state index contributed by atoms with van der Waals surface area (Å²) in [5.41, 5.74) is 6.59. The number of ketones is 1. The molecule has 0 saturated carbocycles. The van der Waals surface area contributed by atoms with Gasteiger partial charge in [0, 0.05) is 43.9 Å². The summed E-state index contributed by atoms with van der Waals surface area (Å²) in [5, 5.41) is 51.9. The zero-order valence-electron chi connectivity index (χ0n) is 36.0. The lowest BCUT2D eigenvalue weighted by molar-refractivity contribution is 0.101. The minimum atomic E-state index is -0.584. The van der Waals surface area contributed by atoms with E-state index in [1.165, 1.54) is 0 Å². The number of azo groups is 2. The molecule has 2 amide bonds. The van der Waals surface area contributed by atoms with E-state index in [1.54, 1.807) is 91.0 Å². The Morgan fingerprint density at radius 2 is 1.13 bits per heavy atom. The number of amides is 2. The van der Waals surface area contributed by atoms with E-state index in [0.29, 0.717) is 78.0 Å². The van der Waals surface area contributed by atoms with Gasteiger partial charge in [-0.1, -0.05) is 116 Å². The quantitative estimate of drug-likeness (QED) is 0.0902. The fraction of sp³-hybridized carbons (Fsp3) is 0.0364. The molecule has 9 aromatic carbocycles. The van der Waals surface area contributed by atoms with Gasteiger partial charge in [-0.25, -0.2) is 0 Å². The second-order valence-electron chi connectivity index (χ2n) is 16.3. The molecule has 11 rings (SSSR count). The van der Waals surface area contributed by atoms with E-state index < -0.39 is 11.8 Å². The summed E-state index contributed by atoms with van der Waals surface area (Å²) in [6, 6.07) is 46.8. The lowest BCUT2D eigenvalue weighted by atomic mass is 9.99. The Labute approximate surface area is 392 Å². The van der Waals surface area contributed by atoms with Crippen LogP contribution in [0, 0.1) is 0 Å². The lowest BCUT2D eigenvalue weighted by Gasteiger charge is -2.13. The number of benzene rings is 9. The number of aromatic amines is 1. The Morgan fingerprint density at radius 3 is 1.84 bits per heavy atom. The number of phenolic OH excluding ortho intramolecular Hbond substituents is 2. The third-order valence-electron chi connectivity index (χ3n) is 12.3. The first-order valence-electron chi connectivity index (χ1n) is 21.7. The normalized spacial score (nSPS) is 12.2. The number of phenols is 2. The summed E-state index contributed by atoms with van der Waals surface area (Å²) in [4.78, 5) is 45.0. The molecular weight excluding hydrogens is 874 g/mol. The van der Waals surface area contributed by atoms with Gasteiger partial charge in [-0.15, -0.1) is 10.2 Å². The molecule has 0 aliphatic heterocycles. The number of rotatable bonds is 9. The number of aromatic nitrogens is 1. The van der Waals surface area contributed by atoms with Gasteiger partial charge >= 0.3 is 0 Å². The van der Waals surface area contributed by atoms with Crippen LogP contribution in [0.4, 0.5) is 34.1 Å². The van der Waals surface area contributed by atoms with Crippen LogP contribution in [0.25, 0.3) is 54.5 Å². The number of fused-ring (bicyclic) bond motifs is 9. The molecule has 68 heavy (non-hydrogen) atoms. The summed E-state index contributed by atoms with van der Waals surface area (Å²) < 4.78 is 0. The van der Waals surface area contributed by atoms with Crippen LogP contribution in [0.1, 0.15) is 49.1 Å². The number of nitrogens with zero attached hydrogens (tertiary/aromatic N) is 4. The molecule has 0 radical (unpaired) electrons. The highest BCUT2D eigenvalue weighted by Crippen LogP contribution is 2.46. The first kappa shape index (κ1) is 41.7. The van der Waals surface area contributed by atoms with Gasteiger partial charge in [-0.05, 0) is 94.5 Å². The van der Waals surface area contributed by atoms with Crippen molar-refractivity contribution in [2.75, 3.05) is 10.6 Å². The second kappa shape index (κ2) is 16.8. The Bertz CT molecular complexity index is 3860. The van der Waals surface area contributed by atoms with Crippen molar-refractivity contribution in [2.45, 2.75) is 13.3 Å². The number of carbonyl (C=O) groups excluding carboxylic acids is 3. The maximum Gasteiger partial charge on any atom is 0.259 e. The van der Waals surface area contributed by atoms with E-state index >= 15 is 0 Å². The van der Waals surface area contributed by atoms with Crippen LogP contribution in [0.5, 0.6) is 11.5 Å². The van der Waals surface area contributed by atoms with E-state index in [4.69, 9.17) is 11.6 Å². The monoisotopic (exact) mass is 909 g/mol. The van der Waals surface area contributed by atoms with Crippen molar-refractivity contribution < 1.29 is 24.6 Å². The molecule has 12 nitrogen and oxygen atoms in total. The molecule has 1 aliphatic rings. The van der Waals surface area contributed by atoms with Crippen molar-refractivity contribution in [3.05, 3.63) is 191 Å². The van der Waals surface area contributed by atoms with Gasteiger partial charge in [0.2, 0.25) is 0 Å². The largest absolute Gasteiger partial charge is 0.505 e. The van der Waals surface area contributed by atoms with Crippen molar-refractivity contribution in [3.8, 4) is 22.6 Å². The van der Waals surface area contributed by atoms with E-state index in [0.717, 1.165) is 27.4 Å². The summed E-state index contributed by atoms with van der Waals surface area (Å²) in [6.45, 7) is 2.00. The number of H-pyrrole nitrogens is 1. The molecule has 0 atom stereocenters. The summed E-state index contributed by atoms with van der Waals surface area (Å²) >= 11 is 6.29. The Hall–Kier alpha value is -9.00. The number of anilines is 2. The van der Waals surface area contributed by atoms with Crippen LogP contribution in [0.3, 0.4) is 0 Å². The molecule has 13 heteroatoms. The van der Waals surface area contributed by atoms with E-state index in [1.807, 2.05) is 73.7 Å². The van der Waals surface area contributed by atoms with Gasteiger partial charge < -0.3 is 25.8 Å². The molecule has 1 aliphatic carbocycles. The zero-order chi connectivity index (χ0) is 46.6. The second-order valence-corrected chi connectivity index (χ2v) is 16.7. The highest BCUT2D eigenvalue weighted by Gasteiger charge is 2.28. The molecule has 0 fully saturated rings. The van der Waals surface area contributed by atoms with Crippen LogP contribution < -0.4 is 10.6 Å². The maximum absolute atomic E-state index is 14.1. The van der Waals surface area contributed by atoms with E-state index in [2.05, 4.69) is 36.1 Å². The first-order valence-corrected chi connectivity index (χ1v) is 22.1. The Kier molecular flexibility index (Phi) is 10.3. The minimum Gasteiger partial charge on any atom is -0.505 e. The third-order valence-corrected chi connectivity index (χ3v) is 12.6. The van der Waals surface area contributed by atoms with Gasteiger partial charge in [0.05, 0.1) is 38.7 Å². The zero-order valence-corrected chi connectivity index (χ0v) is 36.8. The molecule has 0 bridgehead atoms. The smallest absolute Gasteiger partial charge is 0.259 e. The average Bonchev–Trinajstić information content (AvgIpc) is 3.87. The molecule has 328 valence electrons. The molecule has 1 aromatic heterocycles. The van der Waals surface area contributed by atoms with Crippen LogP contribution in [-0.2, 0) is 6.42 Å². The SMILES string of the molecule is CCc1ccccc1NC(=O)c1cc2ccc3c4ccccc4[nH]c3c2c(N=Nc2ccc3c(c2)C(=O)c2cc(N=Nc4c(O)c(C(=O)Nc5ccccc5Cl)cc5ccccc45)ccc2-3)c1O. The van der Waals surface area contributed by atoms with Crippen LogP contribution in [-0.4, -0.2) is 32.8 Å². The average molecular weight is 910 g/mol. The van der Waals surface area contributed by atoms with Crippen molar-refractivity contribution in [1.29, 1.82) is 0 Å². The molecule has 10 aromatic rings. The van der Waals surface area contributed by atoms with Crippen LogP contribution in [0.2, 0.25) is 5.02 Å². The van der Waals surface area contributed by atoms with E-state index in [-0.39, 0.29) is 39.8 Å². The van der Waals surface area contributed by atoms with Gasteiger partial charge in [-0.2, -0.15) is 10.2 Å². The first-order chi connectivity index (χ1) is 33.1. The van der Waals surface area contributed by atoms with Crippen molar-refractivity contribution in [2.24, 2.45) is 20.5 Å². The molecule has 5 N–H and O–H groups in total. The number of hydrogen-bond acceptors (Lipinski definition) is 9. The standard InChI is InChI=1S/C55H36ClN7O5/c1-2-29-11-4-8-16-44(29)58-54(67)42-26-31-19-22-38-37-14-6-9-17-45(37)57-48(38)47(31)50(53(42)66)63-61-33-21-24-36-35-23-20-32(27-39(35)51(64)40(36)28-33)60-62-49-34-13-5-3-12-30(34)25-41(52(49)65)55(68)59-46-18-10-7-15-43(46)56/h3-28,57,65-66H,2H2,1H3,(H,58,67)(H,59,68). The summed E-state index contributed by atoms with van der Waals surface area (Å²) in [6.07, 6.45) is 0.700. The van der Waals surface area contributed by atoms with Gasteiger partial charge in [0.25, 0.3) is 11.8 Å². The van der Waals surface area contributed by atoms with Crippen molar-refractivity contribution in [1.82, 2.24) is 4.98 Å². The highest BCUT2D eigenvalue weighted by atomic mass is 35.5. The molecule has 0 unspecified atom stereocenters. The fourth-order valence-corrected chi connectivity index (χ4v) is 9.11. The van der Waals surface area contributed by atoms with Crippen molar-refractivity contribution >= 4 is 107 Å². The minimum absolute atomic E-state index is 0.0218. The Balaban J connectivity index is 0.926. The van der Waals surface area contributed by atoms with Crippen LogP contribution >= 0.6 is 11.6 Å². The highest BCUT2D eigenvalue weighted by molar-refractivity contribution is 6.34. The molecule has 1 heterocycles. The Morgan fingerprint density at radius 1 is 0.559 bits per heavy atom. The number of carbonyl (C=O) groups is 3. The van der Waals surface area contributed by atoms with Crippen molar-refractivity contribution in [3.63, 3.8) is 0 Å². The molecule has 0 spiro atoms. The topological polar surface area (TPSA) is 181 Å². The number of aromatic hydroxyl groups is 2. The lowest BCUT2D eigenvalue weighted by Crippen LogP contribution is -2.13. The number of nitrogens with one attached hydrogen (secondary N) is 3. The number of hydrogen-bond donors (Lipinski definition) is 5. The molecular formula is C55H36ClN7O5. The van der Waals surface area contributed by atoms with Gasteiger partial charge in [-0.3, -0.25) is 14.4 Å². The predicted molar refractivity (Wildman–Crippen MR) is 267 cm³/mol. The summed E-state index contributed by atoms with van der Waals surface area (Å²) in [5.74, 6) is -2.08. The molecule has 0 saturated heterocycles.